The fourth-order valence-electron chi connectivity index (χ4n) is 1.75. The molecule has 1 atom stereocenters. The minimum Gasteiger partial charge on any atom is -0.393 e. The first-order valence-electron chi connectivity index (χ1n) is 5.73. The van der Waals surface area contributed by atoms with Crippen LogP contribution in [-0.2, 0) is 0 Å². The maximum atomic E-state index is 9.28. The van der Waals surface area contributed by atoms with Crippen LogP contribution >= 0.6 is 0 Å². The van der Waals surface area contributed by atoms with Crippen molar-refractivity contribution >= 4 is 5.69 Å². The Kier molecular flexibility index (Phi) is 4.47. The Bertz CT molecular complexity index is 435. The molecule has 92 valence electrons. The molecular formula is C13H19N3O. The first kappa shape index (κ1) is 13.5. The highest BCUT2D eigenvalue weighted by atomic mass is 16.3. The summed E-state index contributed by atoms with van der Waals surface area (Å²) < 4.78 is 0. The van der Waals surface area contributed by atoms with E-state index in [2.05, 4.69) is 11.1 Å². The lowest BCUT2D eigenvalue weighted by molar-refractivity contribution is 0.187. The molecule has 1 N–H and O–H groups in total. The molecule has 0 spiro atoms. The summed E-state index contributed by atoms with van der Waals surface area (Å²) in [6.07, 6.45) is 0.355. The lowest BCUT2D eigenvalue weighted by Gasteiger charge is -2.22. The van der Waals surface area contributed by atoms with Gasteiger partial charge in [0.2, 0.25) is 0 Å². The van der Waals surface area contributed by atoms with Gasteiger partial charge in [-0.25, -0.2) is 0 Å². The van der Waals surface area contributed by atoms with Crippen molar-refractivity contribution in [2.75, 3.05) is 18.5 Å². The van der Waals surface area contributed by atoms with E-state index >= 15 is 0 Å². The Hall–Kier alpha value is -1.60. The van der Waals surface area contributed by atoms with Crippen molar-refractivity contribution in [3.05, 3.63) is 23.0 Å². The minimum absolute atomic E-state index is 0.327. The zero-order valence-corrected chi connectivity index (χ0v) is 10.9. The summed E-state index contributed by atoms with van der Waals surface area (Å²) in [6.45, 7) is 6.25. The molecule has 0 aromatic carbocycles. The standard InChI is InChI=1S/C13H19N3O/c1-9-7-13(12(8-14)11(3)15-9)16(4)6-5-10(2)17/h7,10,17H,5-6H2,1-4H3. The molecule has 1 rings (SSSR count). The molecule has 0 radical (unpaired) electrons. The molecule has 1 aromatic rings. The zero-order valence-electron chi connectivity index (χ0n) is 10.9. The van der Waals surface area contributed by atoms with Crippen molar-refractivity contribution in [2.24, 2.45) is 0 Å². The Balaban J connectivity index is 3.00. The molecule has 4 heteroatoms. The van der Waals surface area contributed by atoms with Gasteiger partial charge >= 0.3 is 0 Å². The molecule has 0 bridgehead atoms. The molecule has 17 heavy (non-hydrogen) atoms. The predicted molar refractivity (Wildman–Crippen MR) is 68.0 cm³/mol. The second kappa shape index (κ2) is 5.65. The van der Waals surface area contributed by atoms with Crippen LogP contribution in [0.2, 0.25) is 0 Å². The Labute approximate surface area is 103 Å². The summed E-state index contributed by atoms with van der Waals surface area (Å²) in [6, 6.07) is 4.10. The molecule has 0 saturated carbocycles. The zero-order chi connectivity index (χ0) is 13.0. The van der Waals surface area contributed by atoms with Gasteiger partial charge in [0, 0.05) is 19.3 Å². The van der Waals surface area contributed by atoms with E-state index in [1.807, 2.05) is 31.9 Å². The Morgan fingerprint density at radius 3 is 2.71 bits per heavy atom. The molecule has 4 nitrogen and oxygen atoms in total. The Morgan fingerprint density at radius 2 is 2.18 bits per heavy atom. The first-order chi connectivity index (χ1) is 7.95. The van der Waals surface area contributed by atoms with E-state index in [4.69, 9.17) is 5.26 Å². The number of aliphatic hydroxyl groups excluding tert-OH is 1. The fourth-order valence-corrected chi connectivity index (χ4v) is 1.75. The normalized spacial score (nSPS) is 12.0. The van der Waals surface area contributed by atoms with E-state index in [9.17, 15) is 5.11 Å². The molecule has 0 saturated heterocycles. The summed E-state index contributed by atoms with van der Waals surface area (Å²) >= 11 is 0. The van der Waals surface area contributed by atoms with Crippen LogP contribution in [0.1, 0.15) is 30.3 Å². The molecule has 0 fully saturated rings. The molecule has 1 aromatic heterocycles. The Morgan fingerprint density at radius 1 is 1.53 bits per heavy atom. The van der Waals surface area contributed by atoms with E-state index in [1.165, 1.54) is 0 Å². The lowest BCUT2D eigenvalue weighted by atomic mass is 10.1. The third-order valence-electron chi connectivity index (χ3n) is 2.71. The smallest absolute Gasteiger partial charge is 0.103 e. The van der Waals surface area contributed by atoms with E-state index in [1.54, 1.807) is 6.92 Å². The summed E-state index contributed by atoms with van der Waals surface area (Å²) in [5, 5.41) is 18.4. The second-order valence-electron chi connectivity index (χ2n) is 4.41. The van der Waals surface area contributed by atoms with Gasteiger partial charge < -0.3 is 10.0 Å². The van der Waals surface area contributed by atoms with Gasteiger partial charge in [-0.15, -0.1) is 0 Å². The number of rotatable bonds is 4. The van der Waals surface area contributed by atoms with Gasteiger partial charge in [-0.3, -0.25) is 4.98 Å². The average molecular weight is 233 g/mol. The summed E-state index contributed by atoms with van der Waals surface area (Å²) in [7, 11) is 1.93. The van der Waals surface area contributed by atoms with Crippen molar-refractivity contribution in [3.8, 4) is 6.07 Å². The monoisotopic (exact) mass is 233 g/mol. The van der Waals surface area contributed by atoms with Crippen molar-refractivity contribution < 1.29 is 5.11 Å². The van der Waals surface area contributed by atoms with Gasteiger partial charge in [0.05, 0.1) is 23.0 Å². The second-order valence-corrected chi connectivity index (χ2v) is 4.41. The summed E-state index contributed by atoms with van der Waals surface area (Å²) in [5.74, 6) is 0. The van der Waals surface area contributed by atoms with Crippen LogP contribution in [0.15, 0.2) is 6.07 Å². The number of nitriles is 1. The van der Waals surface area contributed by atoms with Gasteiger partial charge in [0.25, 0.3) is 0 Å². The van der Waals surface area contributed by atoms with E-state index in [-0.39, 0.29) is 6.10 Å². The molecule has 0 amide bonds. The van der Waals surface area contributed by atoms with Crippen molar-refractivity contribution in [1.82, 2.24) is 4.98 Å². The van der Waals surface area contributed by atoms with Crippen molar-refractivity contribution in [3.63, 3.8) is 0 Å². The largest absolute Gasteiger partial charge is 0.393 e. The third kappa shape index (κ3) is 3.43. The van der Waals surface area contributed by atoms with E-state index < -0.39 is 0 Å². The molecule has 0 aliphatic carbocycles. The summed E-state index contributed by atoms with van der Waals surface area (Å²) in [5.41, 5.74) is 3.16. The highest BCUT2D eigenvalue weighted by Gasteiger charge is 2.12. The topological polar surface area (TPSA) is 60.1 Å². The minimum atomic E-state index is -0.327. The molecule has 1 unspecified atom stereocenters. The van der Waals surface area contributed by atoms with Crippen LogP contribution < -0.4 is 4.90 Å². The van der Waals surface area contributed by atoms with Gasteiger partial charge in [0.1, 0.15) is 6.07 Å². The van der Waals surface area contributed by atoms with Crippen LogP contribution in [0.3, 0.4) is 0 Å². The van der Waals surface area contributed by atoms with Crippen LogP contribution in [0.4, 0.5) is 5.69 Å². The predicted octanol–water partition coefficient (Wildman–Crippen LogP) is 1.78. The number of aryl methyl sites for hydroxylation is 2. The molecular weight excluding hydrogens is 214 g/mol. The first-order valence-corrected chi connectivity index (χ1v) is 5.73. The number of hydrogen-bond donors (Lipinski definition) is 1. The highest BCUT2D eigenvalue weighted by molar-refractivity contribution is 5.61. The number of anilines is 1. The van der Waals surface area contributed by atoms with Crippen LogP contribution in [0.5, 0.6) is 0 Å². The molecule has 0 aliphatic heterocycles. The third-order valence-corrected chi connectivity index (χ3v) is 2.71. The average Bonchev–Trinajstić information content (AvgIpc) is 2.24. The quantitative estimate of drug-likeness (QED) is 0.861. The van der Waals surface area contributed by atoms with Crippen molar-refractivity contribution in [1.29, 1.82) is 5.26 Å². The molecule has 0 aliphatic rings. The highest BCUT2D eigenvalue weighted by Crippen LogP contribution is 2.22. The van der Waals surface area contributed by atoms with Crippen LogP contribution in [0, 0.1) is 25.2 Å². The number of pyridine rings is 1. The maximum Gasteiger partial charge on any atom is 0.103 e. The lowest BCUT2D eigenvalue weighted by Crippen LogP contribution is -2.23. The van der Waals surface area contributed by atoms with Crippen LogP contribution in [0.25, 0.3) is 0 Å². The number of aliphatic hydroxyl groups is 1. The maximum absolute atomic E-state index is 9.28. The van der Waals surface area contributed by atoms with Crippen molar-refractivity contribution in [2.45, 2.75) is 33.3 Å². The van der Waals surface area contributed by atoms with E-state index in [0.29, 0.717) is 12.0 Å². The van der Waals surface area contributed by atoms with E-state index in [0.717, 1.165) is 23.6 Å². The molecule has 1 heterocycles. The number of nitrogens with zero attached hydrogens (tertiary/aromatic N) is 3. The fraction of sp³-hybridized carbons (Fsp3) is 0.538. The number of aromatic nitrogens is 1. The van der Waals surface area contributed by atoms with Gasteiger partial charge in [-0.05, 0) is 33.3 Å². The van der Waals surface area contributed by atoms with Crippen LogP contribution in [-0.4, -0.2) is 29.8 Å². The van der Waals surface area contributed by atoms with Gasteiger partial charge in [-0.2, -0.15) is 5.26 Å². The number of hydrogen-bond acceptors (Lipinski definition) is 4. The SMILES string of the molecule is Cc1cc(N(C)CCC(C)O)c(C#N)c(C)n1. The van der Waals surface area contributed by atoms with Gasteiger partial charge in [-0.1, -0.05) is 0 Å². The van der Waals surface area contributed by atoms with Gasteiger partial charge in [0.15, 0.2) is 0 Å². The summed E-state index contributed by atoms with van der Waals surface area (Å²) in [4.78, 5) is 6.28.